The number of rotatable bonds is 1. The van der Waals surface area contributed by atoms with E-state index in [4.69, 9.17) is 0 Å². The number of hydrogen-bond donors (Lipinski definition) is 0. The Kier molecular flexibility index (Phi) is 3.29. The SMILES string of the molecule is C=CC1(C)CCCC(C(F)(F)F)(C(F)(F)F)O1. The van der Waals surface area contributed by atoms with Crippen LogP contribution in [0.1, 0.15) is 26.2 Å². The fraction of sp³-hybridized carbons (Fsp3) is 0.800. The Hall–Kier alpha value is -0.720. The van der Waals surface area contributed by atoms with Gasteiger partial charge in [-0.3, -0.25) is 0 Å². The van der Waals surface area contributed by atoms with Crippen LogP contribution in [0.15, 0.2) is 12.7 Å². The lowest BCUT2D eigenvalue weighted by molar-refractivity contribution is -0.408. The van der Waals surface area contributed by atoms with Gasteiger partial charge in [-0.25, -0.2) is 0 Å². The molecule has 1 atom stereocenters. The molecular weight excluding hydrogens is 250 g/mol. The first-order valence-corrected chi connectivity index (χ1v) is 4.95. The van der Waals surface area contributed by atoms with Gasteiger partial charge in [0.1, 0.15) is 0 Å². The second-order valence-corrected chi connectivity index (χ2v) is 4.29. The Morgan fingerprint density at radius 2 is 1.53 bits per heavy atom. The summed E-state index contributed by atoms with van der Waals surface area (Å²) in [6.07, 6.45) is -11.2. The van der Waals surface area contributed by atoms with Crippen LogP contribution in [0, 0.1) is 0 Å². The molecule has 1 rings (SSSR count). The van der Waals surface area contributed by atoms with E-state index in [1.165, 1.54) is 6.92 Å². The molecule has 1 heterocycles. The summed E-state index contributed by atoms with van der Waals surface area (Å²) in [6, 6.07) is 0. The van der Waals surface area contributed by atoms with Crippen LogP contribution in [0.2, 0.25) is 0 Å². The van der Waals surface area contributed by atoms with E-state index in [0.717, 1.165) is 6.08 Å². The summed E-state index contributed by atoms with van der Waals surface area (Å²) in [4.78, 5) is 0. The van der Waals surface area contributed by atoms with E-state index >= 15 is 0 Å². The van der Waals surface area contributed by atoms with Crippen LogP contribution in [0.3, 0.4) is 0 Å². The maximum atomic E-state index is 12.7. The van der Waals surface area contributed by atoms with Crippen molar-refractivity contribution >= 4 is 0 Å². The van der Waals surface area contributed by atoms with Gasteiger partial charge in [-0.1, -0.05) is 6.08 Å². The first kappa shape index (κ1) is 14.3. The normalized spacial score (nSPS) is 30.1. The third kappa shape index (κ3) is 2.29. The molecule has 0 aromatic rings. The van der Waals surface area contributed by atoms with Gasteiger partial charge < -0.3 is 4.74 Å². The molecule has 1 saturated heterocycles. The lowest BCUT2D eigenvalue weighted by Gasteiger charge is -2.46. The summed E-state index contributed by atoms with van der Waals surface area (Å²) < 4.78 is 80.5. The molecule has 100 valence electrons. The Morgan fingerprint density at radius 3 is 1.88 bits per heavy atom. The van der Waals surface area contributed by atoms with Crippen molar-refractivity contribution in [2.75, 3.05) is 0 Å². The second-order valence-electron chi connectivity index (χ2n) is 4.29. The summed E-state index contributed by atoms with van der Waals surface area (Å²) in [5, 5.41) is 0. The first-order chi connectivity index (χ1) is 7.47. The molecule has 0 saturated carbocycles. The minimum atomic E-state index is -5.49. The Bertz CT molecular complexity index is 291. The Labute approximate surface area is 94.4 Å². The van der Waals surface area contributed by atoms with Crippen molar-refractivity contribution in [3.05, 3.63) is 12.7 Å². The smallest absolute Gasteiger partial charge is 0.347 e. The van der Waals surface area contributed by atoms with Crippen LogP contribution in [-0.4, -0.2) is 23.6 Å². The minimum Gasteiger partial charge on any atom is -0.347 e. The van der Waals surface area contributed by atoms with Gasteiger partial charge in [0.2, 0.25) is 0 Å². The second kappa shape index (κ2) is 3.90. The molecule has 0 radical (unpaired) electrons. The highest BCUT2D eigenvalue weighted by molar-refractivity contribution is 5.06. The highest BCUT2D eigenvalue weighted by Crippen LogP contribution is 2.53. The van der Waals surface area contributed by atoms with Gasteiger partial charge in [0, 0.05) is 0 Å². The van der Waals surface area contributed by atoms with Gasteiger partial charge >= 0.3 is 12.4 Å². The van der Waals surface area contributed by atoms with Crippen molar-refractivity contribution in [3.63, 3.8) is 0 Å². The zero-order valence-electron chi connectivity index (χ0n) is 9.08. The van der Waals surface area contributed by atoms with Crippen molar-refractivity contribution in [2.24, 2.45) is 0 Å². The highest BCUT2D eigenvalue weighted by Gasteiger charge is 2.74. The monoisotopic (exact) mass is 262 g/mol. The molecule has 0 aromatic heterocycles. The molecule has 0 aliphatic carbocycles. The summed E-state index contributed by atoms with van der Waals surface area (Å²) >= 11 is 0. The standard InChI is InChI=1S/C10H12F6O/c1-3-7(2)5-4-6-8(17-7,9(11,12)13)10(14,15)16/h3H,1,4-6H2,2H3. The van der Waals surface area contributed by atoms with E-state index in [1.807, 2.05) is 0 Å². The lowest BCUT2D eigenvalue weighted by Crippen LogP contribution is -2.63. The molecule has 1 unspecified atom stereocenters. The largest absolute Gasteiger partial charge is 0.426 e. The average molecular weight is 262 g/mol. The number of alkyl halides is 6. The zero-order valence-corrected chi connectivity index (χ0v) is 9.08. The summed E-state index contributed by atoms with van der Waals surface area (Å²) in [7, 11) is 0. The topological polar surface area (TPSA) is 9.23 Å². The van der Waals surface area contributed by atoms with Gasteiger partial charge in [0.25, 0.3) is 5.60 Å². The summed E-state index contributed by atoms with van der Waals surface area (Å²) in [5.74, 6) is 0. The van der Waals surface area contributed by atoms with E-state index in [1.54, 1.807) is 0 Å². The van der Waals surface area contributed by atoms with Gasteiger partial charge in [0.05, 0.1) is 5.60 Å². The molecule has 0 bridgehead atoms. The molecule has 7 heteroatoms. The van der Waals surface area contributed by atoms with Gasteiger partial charge in [-0.15, -0.1) is 6.58 Å². The fourth-order valence-corrected chi connectivity index (χ4v) is 1.89. The van der Waals surface area contributed by atoms with E-state index in [-0.39, 0.29) is 12.8 Å². The van der Waals surface area contributed by atoms with E-state index in [0.29, 0.717) is 0 Å². The highest BCUT2D eigenvalue weighted by atomic mass is 19.4. The maximum absolute atomic E-state index is 12.7. The molecule has 0 spiro atoms. The van der Waals surface area contributed by atoms with Gasteiger partial charge in [-0.05, 0) is 26.2 Å². The van der Waals surface area contributed by atoms with Gasteiger partial charge in [-0.2, -0.15) is 26.3 Å². The van der Waals surface area contributed by atoms with Crippen molar-refractivity contribution < 1.29 is 31.1 Å². The first-order valence-electron chi connectivity index (χ1n) is 4.95. The van der Waals surface area contributed by atoms with Crippen molar-refractivity contribution in [3.8, 4) is 0 Å². The van der Waals surface area contributed by atoms with E-state index in [2.05, 4.69) is 11.3 Å². The number of halogens is 6. The molecule has 1 aliphatic rings. The fourth-order valence-electron chi connectivity index (χ4n) is 1.89. The van der Waals surface area contributed by atoms with Crippen molar-refractivity contribution in [2.45, 2.75) is 49.7 Å². The van der Waals surface area contributed by atoms with Crippen molar-refractivity contribution in [1.82, 2.24) is 0 Å². The van der Waals surface area contributed by atoms with E-state index < -0.39 is 30.0 Å². The number of hydrogen-bond acceptors (Lipinski definition) is 1. The van der Waals surface area contributed by atoms with Crippen LogP contribution in [0.5, 0.6) is 0 Å². The molecule has 17 heavy (non-hydrogen) atoms. The van der Waals surface area contributed by atoms with Crippen LogP contribution in [0.4, 0.5) is 26.3 Å². The predicted octanol–water partition coefficient (Wildman–Crippen LogP) is 4.00. The van der Waals surface area contributed by atoms with Crippen LogP contribution in [0.25, 0.3) is 0 Å². The van der Waals surface area contributed by atoms with Crippen LogP contribution in [-0.2, 0) is 4.74 Å². The Morgan fingerprint density at radius 1 is 1.06 bits per heavy atom. The maximum Gasteiger partial charge on any atom is 0.426 e. The van der Waals surface area contributed by atoms with E-state index in [9.17, 15) is 26.3 Å². The summed E-state index contributed by atoms with van der Waals surface area (Å²) in [6.45, 7) is 4.40. The quantitative estimate of drug-likeness (QED) is 0.512. The van der Waals surface area contributed by atoms with Crippen molar-refractivity contribution in [1.29, 1.82) is 0 Å². The number of ether oxygens (including phenoxy) is 1. The molecular formula is C10H12F6O. The van der Waals surface area contributed by atoms with Gasteiger partial charge in [0.15, 0.2) is 0 Å². The summed E-state index contributed by atoms with van der Waals surface area (Å²) in [5.41, 5.74) is -5.69. The minimum absolute atomic E-state index is 0.0877. The molecule has 1 nitrogen and oxygen atoms in total. The van der Waals surface area contributed by atoms with Crippen LogP contribution >= 0.6 is 0 Å². The molecule has 0 aromatic carbocycles. The molecule has 0 N–H and O–H groups in total. The Balaban J connectivity index is 3.22. The molecule has 1 aliphatic heterocycles. The van der Waals surface area contributed by atoms with Crippen LogP contribution < -0.4 is 0 Å². The lowest BCUT2D eigenvalue weighted by atomic mass is 9.85. The third-order valence-corrected chi connectivity index (χ3v) is 2.96. The zero-order chi connectivity index (χ0) is 13.5. The molecule has 0 amide bonds. The third-order valence-electron chi connectivity index (χ3n) is 2.96. The average Bonchev–Trinajstić information content (AvgIpc) is 2.14. The molecule has 1 fully saturated rings. The predicted molar refractivity (Wildman–Crippen MR) is 48.4 cm³/mol.